The molecule has 2 rings (SSSR count). The first-order valence-electron chi connectivity index (χ1n) is 15.4. The van der Waals surface area contributed by atoms with E-state index in [1.807, 2.05) is 0 Å². The highest BCUT2D eigenvalue weighted by Crippen LogP contribution is 2.21. The van der Waals surface area contributed by atoms with Crippen LogP contribution in [0.1, 0.15) is 138 Å². The molecule has 1 atom stereocenters. The van der Waals surface area contributed by atoms with Crippen molar-refractivity contribution < 1.29 is 33.0 Å². The average Bonchev–Trinajstić information content (AvgIpc) is 2.94. The fourth-order valence-corrected chi connectivity index (χ4v) is 4.48. The highest BCUT2D eigenvalue weighted by atomic mass is 19.1. The molecule has 0 N–H and O–H groups in total. The number of esters is 3. The summed E-state index contributed by atoms with van der Waals surface area (Å²) < 4.78 is 30.7. The molecule has 0 heterocycles. The van der Waals surface area contributed by atoms with Crippen molar-refractivity contribution in [2.24, 2.45) is 0 Å². The van der Waals surface area contributed by atoms with Crippen molar-refractivity contribution in [2.75, 3.05) is 0 Å². The molecule has 0 bridgehead atoms. The Balaban J connectivity index is 1.77. The second-order valence-electron chi connectivity index (χ2n) is 10.7. The Morgan fingerprint density at radius 3 is 1.85 bits per heavy atom. The first kappa shape index (κ1) is 34.0. The second kappa shape index (κ2) is 19.8. The minimum Gasteiger partial charge on any atom is -0.459 e. The van der Waals surface area contributed by atoms with Gasteiger partial charge in [0.15, 0.2) is 0 Å². The Morgan fingerprint density at radius 1 is 0.683 bits per heavy atom. The molecule has 0 aliphatic heterocycles. The molecule has 0 amide bonds. The lowest BCUT2D eigenvalue weighted by atomic mass is 10.1. The Bertz CT molecular complexity index is 1070. The van der Waals surface area contributed by atoms with Gasteiger partial charge in [-0.1, -0.05) is 84.5 Å². The summed E-state index contributed by atoms with van der Waals surface area (Å²) in [6.45, 7) is 6.17. The zero-order chi connectivity index (χ0) is 29.9. The van der Waals surface area contributed by atoms with Crippen LogP contribution in [0.2, 0.25) is 0 Å². The number of hydrogen-bond donors (Lipinski definition) is 0. The molecule has 0 aliphatic carbocycles. The van der Waals surface area contributed by atoms with Gasteiger partial charge in [-0.3, -0.25) is 4.79 Å². The van der Waals surface area contributed by atoms with Crippen LogP contribution in [0.25, 0.3) is 0 Å². The van der Waals surface area contributed by atoms with Crippen LogP contribution in [0.5, 0.6) is 11.5 Å². The number of ether oxygens (including phenoxy) is 3. The van der Waals surface area contributed by atoms with E-state index >= 15 is 0 Å². The van der Waals surface area contributed by atoms with Crippen LogP contribution in [0.4, 0.5) is 4.39 Å². The van der Waals surface area contributed by atoms with E-state index in [0.717, 1.165) is 44.6 Å². The van der Waals surface area contributed by atoms with Gasteiger partial charge in [-0.15, -0.1) is 0 Å². The Kier molecular flexibility index (Phi) is 16.4. The fourth-order valence-electron chi connectivity index (χ4n) is 4.48. The van der Waals surface area contributed by atoms with Crippen molar-refractivity contribution in [1.82, 2.24) is 0 Å². The van der Waals surface area contributed by atoms with E-state index in [2.05, 4.69) is 13.8 Å². The molecule has 0 aromatic heterocycles. The van der Waals surface area contributed by atoms with Crippen molar-refractivity contribution >= 4 is 17.9 Å². The van der Waals surface area contributed by atoms with E-state index in [9.17, 15) is 18.8 Å². The van der Waals surface area contributed by atoms with Gasteiger partial charge in [0.25, 0.3) is 0 Å². The normalized spacial score (nSPS) is 11.6. The quantitative estimate of drug-likeness (QED) is 0.0896. The lowest BCUT2D eigenvalue weighted by Crippen LogP contribution is -2.16. The van der Waals surface area contributed by atoms with Gasteiger partial charge in [0.2, 0.25) is 0 Å². The Hall–Kier alpha value is -3.22. The molecule has 0 aliphatic rings. The number of hydrogen-bond acceptors (Lipinski definition) is 6. The maximum atomic E-state index is 14.6. The summed E-state index contributed by atoms with van der Waals surface area (Å²) in [6, 6.07) is 9.60. The Labute approximate surface area is 245 Å². The second-order valence-corrected chi connectivity index (χ2v) is 10.7. The van der Waals surface area contributed by atoms with Crippen LogP contribution >= 0.6 is 0 Å². The summed E-state index contributed by atoms with van der Waals surface area (Å²) in [6.07, 6.45) is 15.5. The summed E-state index contributed by atoms with van der Waals surface area (Å²) in [4.78, 5) is 37.0. The van der Waals surface area contributed by atoms with Crippen molar-refractivity contribution in [2.45, 2.75) is 123 Å². The predicted molar refractivity (Wildman–Crippen MR) is 159 cm³/mol. The van der Waals surface area contributed by atoms with Gasteiger partial charge in [0.1, 0.15) is 17.3 Å². The molecule has 0 spiro atoms. The van der Waals surface area contributed by atoms with Crippen LogP contribution in [0, 0.1) is 5.82 Å². The monoisotopic (exact) mass is 570 g/mol. The average molecular weight is 571 g/mol. The molecule has 1 unspecified atom stereocenters. The van der Waals surface area contributed by atoms with E-state index in [-0.39, 0.29) is 28.9 Å². The lowest BCUT2D eigenvalue weighted by molar-refractivity contribution is -0.134. The van der Waals surface area contributed by atoms with Crippen LogP contribution in [-0.2, 0) is 9.53 Å². The molecular formula is C34H47FO6. The number of benzene rings is 2. The minimum absolute atomic E-state index is 0.0330. The van der Waals surface area contributed by atoms with Gasteiger partial charge in [0, 0.05) is 12.5 Å². The molecule has 7 heteroatoms. The van der Waals surface area contributed by atoms with Crippen LogP contribution in [0.3, 0.4) is 0 Å². The van der Waals surface area contributed by atoms with Crippen molar-refractivity contribution in [1.29, 1.82) is 0 Å². The van der Waals surface area contributed by atoms with Crippen LogP contribution < -0.4 is 9.47 Å². The largest absolute Gasteiger partial charge is 0.459 e. The summed E-state index contributed by atoms with van der Waals surface area (Å²) in [7, 11) is 0. The van der Waals surface area contributed by atoms with Gasteiger partial charge in [-0.05, 0) is 62.6 Å². The van der Waals surface area contributed by atoms with Gasteiger partial charge >= 0.3 is 17.9 Å². The summed E-state index contributed by atoms with van der Waals surface area (Å²) in [5, 5.41) is 0. The summed E-state index contributed by atoms with van der Waals surface area (Å²) in [5.41, 5.74) is 0.00606. The molecular weight excluding hydrogens is 523 g/mol. The van der Waals surface area contributed by atoms with E-state index in [1.54, 1.807) is 6.92 Å². The molecule has 0 saturated carbocycles. The number of carbonyl (C=O) groups excluding carboxylic acids is 3. The summed E-state index contributed by atoms with van der Waals surface area (Å²) in [5.74, 6) is -2.26. The predicted octanol–water partition coefficient (Wildman–Crippen LogP) is 9.39. The number of carbonyl (C=O) groups is 3. The first-order chi connectivity index (χ1) is 19.8. The molecule has 0 saturated heterocycles. The summed E-state index contributed by atoms with van der Waals surface area (Å²) >= 11 is 0. The van der Waals surface area contributed by atoms with E-state index in [0.29, 0.717) is 12.2 Å². The fraction of sp³-hybridized carbons (Fsp3) is 0.559. The van der Waals surface area contributed by atoms with Crippen LogP contribution in [-0.4, -0.2) is 24.0 Å². The third kappa shape index (κ3) is 13.8. The Morgan fingerprint density at radius 2 is 1.24 bits per heavy atom. The molecule has 2 aromatic rings. The molecule has 41 heavy (non-hydrogen) atoms. The third-order valence-corrected chi connectivity index (χ3v) is 6.95. The van der Waals surface area contributed by atoms with Crippen molar-refractivity contribution in [3.63, 3.8) is 0 Å². The van der Waals surface area contributed by atoms with E-state index in [4.69, 9.17) is 14.2 Å². The number of rotatable bonds is 20. The zero-order valence-electron chi connectivity index (χ0n) is 25.1. The highest BCUT2D eigenvalue weighted by molar-refractivity contribution is 5.92. The number of halogens is 1. The van der Waals surface area contributed by atoms with Crippen LogP contribution in [0.15, 0.2) is 42.5 Å². The number of unbranched alkanes of at least 4 members (excludes halogenated alkanes) is 11. The molecule has 6 nitrogen and oxygen atoms in total. The topological polar surface area (TPSA) is 78.9 Å². The van der Waals surface area contributed by atoms with Crippen molar-refractivity contribution in [3.8, 4) is 11.5 Å². The maximum Gasteiger partial charge on any atom is 0.343 e. The van der Waals surface area contributed by atoms with Gasteiger partial charge in [0.05, 0.1) is 17.2 Å². The van der Waals surface area contributed by atoms with Gasteiger partial charge in [-0.25, -0.2) is 14.0 Å². The molecule has 2 aromatic carbocycles. The first-order valence-corrected chi connectivity index (χ1v) is 15.4. The van der Waals surface area contributed by atoms with Gasteiger partial charge in [-0.2, -0.15) is 0 Å². The van der Waals surface area contributed by atoms with Gasteiger partial charge < -0.3 is 14.2 Å². The smallest absolute Gasteiger partial charge is 0.343 e. The molecule has 0 radical (unpaired) electrons. The van der Waals surface area contributed by atoms with E-state index in [1.165, 1.54) is 87.8 Å². The minimum atomic E-state index is -0.824. The maximum absolute atomic E-state index is 14.6. The SMILES string of the molecule is CCCCCCCCCC(=O)Oc1ccc(C(=O)Oc2ccc(C(=O)OC(C)CCCCCCCC)c(F)c2)cc1. The van der Waals surface area contributed by atoms with E-state index < -0.39 is 17.8 Å². The van der Waals surface area contributed by atoms with Crippen molar-refractivity contribution in [3.05, 3.63) is 59.4 Å². The highest BCUT2D eigenvalue weighted by Gasteiger charge is 2.18. The zero-order valence-corrected chi connectivity index (χ0v) is 25.1. The lowest BCUT2D eigenvalue weighted by Gasteiger charge is -2.14. The molecule has 0 fully saturated rings. The third-order valence-electron chi connectivity index (χ3n) is 6.95. The standard InChI is InChI=1S/C34H47FO6/c1-4-6-8-10-12-14-16-18-32(36)40-28-21-19-27(20-22-28)33(37)41-29-23-24-30(31(35)25-29)34(38)39-26(3)17-15-13-11-9-7-5-2/h19-26H,4-18H2,1-3H3. The molecule has 226 valence electrons.